The van der Waals surface area contributed by atoms with E-state index >= 15 is 0 Å². The van der Waals surface area contributed by atoms with Crippen LogP contribution in [0.4, 0.5) is 11.4 Å². The monoisotopic (exact) mass is 289 g/mol. The van der Waals surface area contributed by atoms with Gasteiger partial charge < -0.3 is 16.0 Å². The van der Waals surface area contributed by atoms with Crippen LogP contribution in [0.2, 0.25) is 0 Å². The molecule has 0 saturated heterocycles. The van der Waals surface area contributed by atoms with Gasteiger partial charge in [-0.2, -0.15) is 0 Å². The average Bonchev–Trinajstić information content (AvgIpc) is 3.19. The van der Waals surface area contributed by atoms with Gasteiger partial charge >= 0.3 is 0 Å². The molecule has 0 unspecified atom stereocenters. The fraction of sp³-hybridized carbons (Fsp3) is 0.500. The molecule has 3 N–H and O–H groups in total. The molecule has 1 aliphatic rings. The second-order valence-electron chi connectivity index (χ2n) is 6.49. The van der Waals surface area contributed by atoms with E-state index in [1.54, 1.807) is 6.07 Å². The lowest BCUT2D eigenvalue weighted by molar-refractivity contribution is -0.123. The van der Waals surface area contributed by atoms with Gasteiger partial charge in [0.25, 0.3) is 0 Å². The standard InChI is InChI=1S/C16H23N3O2/c1-16(2,3)15(21)19-13-6-4-5-12(9-13)18-14(20)10-17-11-7-8-11/h4-6,9,11,17H,7-8,10H2,1-3H3,(H,18,20)(H,19,21). The summed E-state index contributed by atoms with van der Waals surface area (Å²) in [5, 5.41) is 8.84. The van der Waals surface area contributed by atoms with Crippen LogP contribution in [0, 0.1) is 5.41 Å². The van der Waals surface area contributed by atoms with Crippen molar-refractivity contribution < 1.29 is 9.59 Å². The number of carbonyl (C=O) groups excluding carboxylic acids is 2. The molecule has 0 radical (unpaired) electrons. The van der Waals surface area contributed by atoms with Crippen molar-refractivity contribution in [1.29, 1.82) is 0 Å². The van der Waals surface area contributed by atoms with Gasteiger partial charge in [-0.15, -0.1) is 0 Å². The molecule has 1 fully saturated rings. The molecule has 5 nitrogen and oxygen atoms in total. The number of carbonyl (C=O) groups is 2. The van der Waals surface area contributed by atoms with Gasteiger partial charge in [0.1, 0.15) is 0 Å². The molecular weight excluding hydrogens is 266 g/mol. The zero-order valence-corrected chi connectivity index (χ0v) is 12.8. The van der Waals surface area contributed by atoms with Crippen LogP contribution in [0.1, 0.15) is 33.6 Å². The SMILES string of the molecule is CC(C)(C)C(=O)Nc1cccc(NC(=O)CNC2CC2)c1. The van der Waals surface area contributed by atoms with Gasteiger partial charge in [0.05, 0.1) is 6.54 Å². The van der Waals surface area contributed by atoms with E-state index in [9.17, 15) is 9.59 Å². The highest BCUT2D eigenvalue weighted by Crippen LogP contribution is 2.20. The Morgan fingerprint density at radius 3 is 2.33 bits per heavy atom. The van der Waals surface area contributed by atoms with Crippen molar-refractivity contribution in [2.75, 3.05) is 17.2 Å². The third kappa shape index (κ3) is 5.19. The van der Waals surface area contributed by atoms with Crippen LogP contribution < -0.4 is 16.0 Å². The predicted octanol–water partition coefficient (Wildman–Crippen LogP) is 2.36. The van der Waals surface area contributed by atoms with Gasteiger partial charge in [-0.05, 0) is 31.0 Å². The maximum absolute atomic E-state index is 11.9. The number of hydrogen-bond acceptors (Lipinski definition) is 3. The number of hydrogen-bond donors (Lipinski definition) is 3. The number of benzene rings is 1. The molecular formula is C16H23N3O2. The fourth-order valence-electron chi connectivity index (χ4n) is 1.72. The van der Waals surface area contributed by atoms with Crippen LogP contribution >= 0.6 is 0 Å². The highest BCUT2D eigenvalue weighted by Gasteiger charge is 2.22. The molecule has 1 aromatic rings. The van der Waals surface area contributed by atoms with Crippen LogP contribution in [0.3, 0.4) is 0 Å². The quantitative estimate of drug-likeness (QED) is 0.779. The molecule has 0 heterocycles. The van der Waals surface area contributed by atoms with Crippen molar-refractivity contribution in [3.8, 4) is 0 Å². The van der Waals surface area contributed by atoms with Crippen LogP contribution in [0.5, 0.6) is 0 Å². The summed E-state index contributed by atoms with van der Waals surface area (Å²) < 4.78 is 0. The van der Waals surface area contributed by atoms with Gasteiger partial charge in [-0.3, -0.25) is 9.59 Å². The van der Waals surface area contributed by atoms with Gasteiger partial charge in [-0.1, -0.05) is 26.8 Å². The fourth-order valence-corrected chi connectivity index (χ4v) is 1.72. The molecule has 0 spiro atoms. The topological polar surface area (TPSA) is 70.2 Å². The summed E-state index contributed by atoms with van der Waals surface area (Å²) in [6.45, 7) is 5.90. The van der Waals surface area contributed by atoms with Crippen LogP contribution in [0.15, 0.2) is 24.3 Å². The highest BCUT2D eigenvalue weighted by atomic mass is 16.2. The second kappa shape index (κ2) is 6.26. The van der Waals surface area contributed by atoms with E-state index in [0.717, 1.165) is 12.8 Å². The number of amides is 2. The van der Waals surface area contributed by atoms with Crippen molar-refractivity contribution in [3.63, 3.8) is 0 Å². The summed E-state index contributed by atoms with van der Waals surface area (Å²) in [6.07, 6.45) is 2.31. The Bertz CT molecular complexity index is 531. The first kappa shape index (κ1) is 15.5. The lowest BCUT2D eigenvalue weighted by atomic mass is 9.95. The summed E-state index contributed by atoms with van der Waals surface area (Å²) in [7, 11) is 0. The summed E-state index contributed by atoms with van der Waals surface area (Å²) in [5.74, 6) is -0.123. The van der Waals surface area contributed by atoms with E-state index < -0.39 is 5.41 Å². The van der Waals surface area contributed by atoms with E-state index in [1.165, 1.54) is 0 Å². The third-order valence-electron chi connectivity index (χ3n) is 3.21. The Kier molecular flexibility index (Phi) is 4.63. The number of rotatable bonds is 5. The Labute approximate surface area is 125 Å². The highest BCUT2D eigenvalue weighted by molar-refractivity contribution is 5.96. The minimum atomic E-state index is -0.451. The maximum Gasteiger partial charge on any atom is 0.238 e. The Hall–Kier alpha value is -1.88. The molecule has 1 saturated carbocycles. The molecule has 0 atom stereocenters. The molecule has 2 rings (SSSR count). The summed E-state index contributed by atoms with van der Waals surface area (Å²) in [6, 6.07) is 7.69. The minimum Gasteiger partial charge on any atom is -0.326 e. The van der Waals surface area contributed by atoms with Crippen LogP contribution in [-0.2, 0) is 9.59 Å². The zero-order chi connectivity index (χ0) is 15.5. The summed E-state index contributed by atoms with van der Waals surface area (Å²) >= 11 is 0. The minimum absolute atomic E-state index is 0.0543. The van der Waals surface area contributed by atoms with Crippen molar-refractivity contribution in [2.45, 2.75) is 39.7 Å². The van der Waals surface area contributed by atoms with E-state index in [4.69, 9.17) is 0 Å². The maximum atomic E-state index is 11.9. The van der Waals surface area contributed by atoms with Gasteiger partial charge in [0.15, 0.2) is 0 Å². The van der Waals surface area contributed by atoms with Crippen molar-refractivity contribution in [2.24, 2.45) is 5.41 Å². The van der Waals surface area contributed by atoms with Crippen molar-refractivity contribution >= 4 is 23.2 Å². The lowest BCUT2D eigenvalue weighted by Gasteiger charge is -2.18. The van der Waals surface area contributed by atoms with Gasteiger partial charge in [0, 0.05) is 22.8 Å². The molecule has 21 heavy (non-hydrogen) atoms. The predicted molar refractivity (Wildman–Crippen MR) is 84.2 cm³/mol. The van der Waals surface area contributed by atoms with E-state index in [2.05, 4.69) is 16.0 Å². The first-order chi connectivity index (χ1) is 9.84. The first-order valence-corrected chi connectivity index (χ1v) is 7.29. The smallest absolute Gasteiger partial charge is 0.238 e. The normalized spacial score (nSPS) is 14.6. The molecule has 114 valence electrons. The van der Waals surface area contributed by atoms with Crippen molar-refractivity contribution in [1.82, 2.24) is 5.32 Å². The first-order valence-electron chi connectivity index (χ1n) is 7.29. The average molecular weight is 289 g/mol. The molecule has 2 amide bonds. The Balaban J connectivity index is 1.90. The van der Waals surface area contributed by atoms with E-state index in [-0.39, 0.29) is 11.8 Å². The van der Waals surface area contributed by atoms with Crippen molar-refractivity contribution in [3.05, 3.63) is 24.3 Å². The summed E-state index contributed by atoms with van der Waals surface area (Å²) in [4.78, 5) is 23.7. The summed E-state index contributed by atoms with van der Waals surface area (Å²) in [5.41, 5.74) is 0.917. The second-order valence-corrected chi connectivity index (χ2v) is 6.49. The number of nitrogens with one attached hydrogen (secondary N) is 3. The molecule has 5 heteroatoms. The molecule has 0 aliphatic heterocycles. The molecule has 1 aromatic carbocycles. The largest absolute Gasteiger partial charge is 0.326 e. The third-order valence-corrected chi connectivity index (χ3v) is 3.21. The van der Waals surface area contributed by atoms with E-state index in [1.807, 2.05) is 39.0 Å². The molecule has 0 aromatic heterocycles. The van der Waals surface area contributed by atoms with E-state index in [0.29, 0.717) is 24.0 Å². The Morgan fingerprint density at radius 1 is 1.14 bits per heavy atom. The molecule has 0 bridgehead atoms. The van der Waals surface area contributed by atoms with Crippen LogP contribution in [-0.4, -0.2) is 24.4 Å². The Morgan fingerprint density at radius 2 is 1.76 bits per heavy atom. The molecule has 1 aliphatic carbocycles. The van der Waals surface area contributed by atoms with Crippen LogP contribution in [0.25, 0.3) is 0 Å². The number of anilines is 2. The van der Waals surface area contributed by atoms with Gasteiger partial charge in [-0.25, -0.2) is 0 Å². The van der Waals surface area contributed by atoms with Gasteiger partial charge in [0.2, 0.25) is 11.8 Å². The lowest BCUT2D eigenvalue weighted by Crippen LogP contribution is -2.29. The zero-order valence-electron chi connectivity index (χ0n) is 12.8.